The number of esters is 1. The van der Waals surface area contributed by atoms with Crippen LogP contribution in [-0.4, -0.2) is 60.3 Å². The van der Waals surface area contributed by atoms with Crippen LogP contribution in [0.25, 0.3) is 0 Å². The Kier molecular flexibility index (Phi) is 21.0. The number of aliphatic carboxylic acids is 2. The van der Waals surface area contributed by atoms with Gasteiger partial charge in [-0.05, 0) is 54.6 Å². The summed E-state index contributed by atoms with van der Waals surface area (Å²) in [5.41, 5.74) is 1.28. The summed E-state index contributed by atoms with van der Waals surface area (Å²) in [5, 5.41) is 16.6. The number of allylic oxidation sites excluding steroid dienone is 1. The predicted molar refractivity (Wildman–Crippen MR) is 112 cm³/mol. The smallest absolute Gasteiger partial charge is 0.333 e. The maximum Gasteiger partial charge on any atom is 0.333 e. The Morgan fingerprint density at radius 3 is 1.82 bits per heavy atom. The molecule has 0 bridgehead atoms. The molecule has 162 valence electrons. The van der Waals surface area contributed by atoms with Crippen molar-refractivity contribution < 1.29 is 29.3 Å². The molecule has 0 radical (unpaired) electrons. The fraction of sp³-hybridized carbons (Fsp3) is 0.571. The molecule has 0 saturated heterocycles. The van der Waals surface area contributed by atoms with E-state index in [0.29, 0.717) is 23.3 Å². The fourth-order valence-corrected chi connectivity index (χ4v) is 1.18. The van der Waals surface area contributed by atoms with E-state index >= 15 is 0 Å². The van der Waals surface area contributed by atoms with Crippen LogP contribution in [0.15, 0.2) is 35.5 Å². The third-order valence-corrected chi connectivity index (χ3v) is 3.21. The first-order chi connectivity index (χ1) is 12.9. The first-order valence-corrected chi connectivity index (χ1v) is 9.14. The van der Waals surface area contributed by atoms with E-state index in [9.17, 15) is 14.4 Å². The van der Waals surface area contributed by atoms with E-state index in [-0.39, 0.29) is 5.97 Å². The van der Waals surface area contributed by atoms with Crippen LogP contribution < -0.4 is 0 Å². The normalized spacial score (nSPS) is 10.9. The molecule has 0 heterocycles. The number of carboxylic acids is 2. The quantitative estimate of drug-likeness (QED) is 0.344. The van der Waals surface area contributed by atoms with E-state index in [1.165, 1.54) is 0 Å². The van der Waals surface area contributed by atoms with Crippen molar-refractivity contribution >= 4 is 17.9 Å². The molecule has 0 amide bonds. The lowest BCUT2D eigenvalue weighted by atomic mass is 10.2. The van der Waals surface area contributed by atoms with Gasteiger partial charge in [0.25, 0.3) is 0 Å². The van der Waals surface area contributed by atoms with Gasteiger partial charge in [0.2, 0.25) is 0 Å². The molecule has 0 rings (SSSR count). The Hall–Kier alpha value is -2.41. The highest BCUT2D eigenvalue weighted by atomic mass is 16.5. The molecule has 7 nitrogen and oxygen atoms in total. The van der Waals surface area contributed by atoms with Crippen LogP contribution in [-0.2, 0) is 19.1 Å². The summed E-state index contributed by atoms with van der Waals surface area (Å²) in [6.07, 6.45) is 6.07. The van der Waals surface area contributed by atoms with Crippen molar-refractivity contribution in [1.29, 1.82) is 0 Å². The molecular weight excluding hydrogens is 362 g/mol. The predicted octanol–water partition coefficient (Wildman–Crippen LogP) is 3.91. The van der Waals surface area contributed by atoms with Crippen LogP contribution in [0.5, 0.6) is 0 Å². The molecular formula is C21H37NO6. The molecule has 2 N–H and O–H groups in total. The summed E-state index contributed by atoms with van der Waals surface area (Å²) in [6, 6.07) is 0. The number of ether oxygens (including phenoxy) is 1. The number of nitrogens with zero attached hydrogens (tertiary/aromatic N) is 1. The zero-order valence-electron chi connectivity index (χ0n) is 18.4. The van der Waals surface area contributed by atoms with Crippen molar-refractivity contribution in [2.45, 2.75) is 53.9 Å². The summed E-state index contributed by atoms with van der Waals surface area (Å²) >= 11 is 0. The van der Waals surface area contributed by atoms with Crippen LogP contribution in [0.4, 0.5) is 0 Å². The average Bonchev–Trinajstić information content (AvgIpc) is 2.61. The van der Waals surface area contributed by atoms with Crippen LogP contribution in [0.2, 0.25) is 0 Å². The molecule has 0 aliphatic carbocycles. The Labute approximate surface area is 169 Å². The van der Waals surface area contributed by atoms with Crippen LogP contribution in [0, 0.1) is 0 Å². The lowest BCUT2D eigenvalue weighted by Gasteiger charge is -2.05. The standard InChI is InChI=1S/C8H15NO2.C8H14O2.C5H8O2/c1-7(8(10)11)5-4-6-9(2)3;1-4-5-6-10-8(9)7(2)3;1-3-4(2)5(6)7/h5H,4,6H2,1-3H3,(H,10,11);2,4-6H2,1,3H3;3H,1-2H3,(H,6,7)/b7-5+;;4-3+. The van der Waals surface area contributed by atoms with E-state index in [2.05, 4.69) is 13.5 Å². The summed E-state index contributed by atoms with van der Waals surface area (Å²) in [6.45, 7) is 13.4. The van der Waals surface area contributed by atoms with Crippen LogP contribution in [0.3, 0.4) is 0 Å². The molecule has 0 aromatic carbocycles. The second-order valence-electron chi connectivity index (χ2n) is 6.33. The summed E-state index contributed by atoms with van der Waals surface area (Å²) in [4.78, 5) is 32.9. The molecule has 0 aromatic heterocycles. The molecule has 0 aliphatic rings. The van der Waals surface area contributed by atoms with Crippen molar-refractivity contribution in [1.82, 2.24) is 4.90 Å². The topological polar surface area (TPSA) is 104 Å². The van der Waals surface area contributed by atoms with Gasteiger partial charge in [0.05, 0.1) is 6.61 Å². The molecule has 0 aliphatic heterocycles. The zero-order valence-corrected chi connectivity index (χ0v) is 18.4. The van der Waals surface area contributed by atoms with Crippen LogP contribution >= 0.6 is 0 Å². The second-order valence-corrected chi connectivity index (χ2v) is 6.33. The van der Waals surface area contributed by atoms with Gasteiger partial charge >= 0.3 is 17.9 Å². The minimum absolute atomic E-state index is 0.284. The van der Waals surface area contributed by atoms with E-state index in [0.717, 1.165) is 25.8 Å². The zero-order chi connectivity index (χ0) is 22.7. The summed E-state index contributed by atoms with van der Waals surface area (Å²) in [5.74, 6) is -1.96. The molecule has 0 fully saturated rings. The number of carbonyl (C=O) groups excluding carboxylic acids is 1. The molecule has 0 aromatic rings. The molecule has 0 unspecified atom stereocenters. The Morgan fingerprint density at radius 2 is 1.54 bits per heavy atom. The fourth-order valence-electron chi connectivity index (χ4n) is 1.18. The molecule has 0 atom stereocenters. The van der Waals surface area contributed by atoms with E-state index in [1.807, 2.05) is 19.0 Å². The molecule has 0 saturated carbocycles. The van der Waals surface area contributed by atoms with Gasteiger partial charge in [0.1, 0.15) is 0 Å². The van der Waals surface area contributed by atoms with Crippen LogP contribution in [0.1, 0.15) is 53.9 Å². The van der Waals surface area contributed by atoms with Crippen molar-refractivity contribution in [3.05, 3.63) is 35.5 Å². The van der Waals surface area contributed by atoms with E-state index in [4.69, 9.17) is 14.9 Å². The minimum Gasteiger partial charge on any atom is -0.478 e. The third kappa shape index (κ3) is 23.6. The SMILES string of the molecule is C/C(=C\CCN(C)C)C(=O)O.C/C=C(\C)C(=O)O.C=C(C)C(=O)OCCCC. The van der Waals surface area contributed by atoms with Gasteiger partial charge in [-0.15, -0.1) is 0 Å². The monoisotopic (exact) mass is 399 g/mol. The maximum atomic E-state index is 10.7. The Bertz CT molecular complexity index is 547. The van der Waals surface area contributed by atoms with Gasteiger partial charge in [-0.1, -0.05) is 32.1 Å². The number of hydrogen-bond acceptors (Lipinski definition) is 5. The number of carboxylic acid groups (broad SMARTS) is 2. The first-order valence-electron chi connectivity index (χ1n) is 9.14. The third-order valence-electron chi connectivity index (χ3n) is 3.21. The number of unbranched alkanes of at least 4 members (excludes halogenated alkanes) is 1. The van der Waals surface area contributed by atoms with Gasteiger partial charge in [0, 0.05) is 23.3 Å². The second kappa shape index (κ2) is 19.4. The van der Waals surface area contributed by atoms with Crippen molar-refractivity contribution in [3.63, 3.8) is 0 Å². The lowest BCUT2D eigenvalue weighted by Crippen LogP contribution is -2.12. The molecule has 28 heavy (non-hydrogen) atoms. The van der Waals surface area contributed by atoms with Gasteiger partial charge in [-0.2, -0.15) is 0 Å². The van der Waals surface area contributed by atoms with Gasteiger partial charge in [0.15, 0.2) is 0 Å². The lowest BCUT2D eigenvalue weighted by molar-refractivity contribution is -0.139. The molecule has 7 heteroatoms. The Balaban J connectivity index is -0.000000343. The van der Waals surface area contributed by atoms with Gasteiger partial charge in [-0.3, -0.25) is 0 Å². The number of rotatable bonds is 9. The average molecular weight is 400 g/mol. The summed E-state index contributed by atoms with van der Waals surface area (Å²) < 4.78 is 4.81. The number of carbonyl (C=O) groups is 3. The Morgan fingerprint density at radius 1 is 1.04 bits per heavy atom. The highest BCUT2D eigenvalue weighted by Crippen LogP contribution is 1.95. The maximum absolute atomic E-state index is 10.7. The minimum atomic E-state index is -0.845. The van der Waals surface area contributed by atoms with Crippen molar-refractivity contribution in [2.24, 2.45) is 0 Å². The van der Waals surface area contributed by atoms with Crippen molar-refractivity contribution in [2.75, 3.05) is 27.2 Å². The van der Waals surface area contributed by atoms with Crippen molar-refractivity contribution in [3.8, 4) is 0 Å². The highest BCUT2D eigenvalue weighted by molar-refractivity contribution is 5.87. The number of hydrogen-bond donors (Lipinski definition) is 2. The first kappa shape index (κ1) is 30.3. The summed E-state index contributed by atoms with van der Waals surface area (Å²) in [7, 11) is 3.92. The largest absolute Gasteiger partial charge is 0.478 e. The van der Waals surface area contributed by atoms with E-state index in [1.54, 1.807) is 39.8 Å². The highest BCUT2D eigenvalue weighted by Gasteiger charge is 2.00. The van der Waals surface area contributed by atoms with Gasteiger partial charge < -0.3 is 19.8 Å². The van der Waals surface area contributed by atoms with Gasteiger partial charge in [-0.25, -0.2) is 14.4 Å². The molecule has 0 spiro atoms. The van der Waals surface area contributed by atoms with E-state index < -0.39 is 11.9 Å².